The van der Waals surface area contributed by atoms with Crippen molar-refractivity contribution in [3.63, 3.8) is 0 Å². The van der Waals surface area contributed by atoms with Gasteiger partial charge in [-0.15, -0.1) is 0 Å². The molecule has 0 fully saturated rings. The number of nitrogens with zero attached hydrogens (tertiary/aromatic N) is 2. The van der Waals surface area contributed by atoms with Crippen molar-refractivity contribution >= 4 is 22.2 Å². The lowest BCUT2D eigenvalue weighted by Crippen LogP contribution is -1.87. The quantitative estimate of drug-likeness (QED) is 0.759. The number of halogens is 1. The van der Waals surface area contributed by atoms with Crippen LogP contribution in [0.25, 0.3) is 10.6 Å². The molecule has 0 aliphatic carbocycles. The zero-order chi connectivity index (χ0) is 13.0. The molecule has 0 spiro atoms. The van der Waals surface area contributed by atoms with Crippen molar-refractivity contribution in [1.82, 2.24) is 4.98 Å². The summed E-state index contributed by atoms with van der Waals surface area (Å²) < 4.78 is 0. The van der Waals surface area contributed by atoms with Crippen LogP contribution in [0.3, 0.4) is 0 Å². The molecule has 88 valence electrons. The van der Waals surface area contributed by atoms with E-state index in [2.05, 4.69) is 11.1 Å². The van der Waals surface area contributed by atoms with Gasteiger partial charge in [-0.05, 0) is 30.2 Å². The number of pyridine rings is 1. The van der Waals surface area contributed by atoms with Gasteiger partial charge in [-0.25, -0.2) is 0 Å². The van der Waals surface area contributed by atoms with Gasteiger partial charge >= 0.3 is 0 Å². The van der Waals surface area contributed by atoms with Crippen molar-refractivity contribution in [1.29, 1.82) is 5.26 Å². The van der Waals surface area contributed by atoms with E-state index >= 15 is 0 Å². The smallest absolute Gasteiger partial charge is 0.101 e. The lowest BCUT2D eigenvalue weighted by molar-refractivity contribution is 1.32. The van der Waals surface area contributed by atoms with E-state index in [1.165, 1.54) is 0 Å². The fourth-order valence-electron chi connectivity index (χ4n) is 1.60. The van der Waals surface area contributed by atoms with Crippen molar-refractivity contribution in [3.8, 4) is 6.07 Å². The van der Waals surface area contributed by atoms with E-state index < -0.39 is 0 Å². The van der Waals surface area contributed by atoms with Crippen molar-refractivity contribution in [2.45, 2.75) is 6.92 Å². The predicted octanol–water partition coefficient (Wildman–Crippen LogP) is 4.02. The standard InChI is InChI=1S/C15H11ClN2/c1-11-2-4-13(5-3-11)15(16)14(10-17)12-6-8-18-9-7-12/h2-9H,1H3/b15-14+. The van der Waals surface area contributed by atoms with Crippen LogP contribution >= 0.6 is 11.6 Å². The molecule has 0 radical (unpaired) electrons. The minimum Gasteiger partial charge on any atom is -0.265 e. The Kier molecular flexibility index (Phi) is 3.76. The summed E-state index contributed by atoms with van der Waals surface area (Å²) in [6, 6.07) is 13.5. The monoisotopic (exact) mass is 254 g/mol. The Balaban J connectivity index is 2.51. The van der Waals surface area contributed by atoms with Gasteiger partial charge in [-0.2, -0.15) is 5.26 Å². The minimum atomic E-state index is 0.461. The van der Waals surface area contributed by atoms with Crippen molar-refractivity contribution < 1.29 is 0 Å². The second-order valence-corrected chi connectivity index (χ2v) is 4.28. The summed E-state index contributed by atoms with van der Waals surface area (Å²) in [5.74, 6) is 0. The van der Waals surface area contributed by atoms with Gasteiger partial charge < -0.3 is 0 Å². The van der Waals surface area contributed by atoms with E-state index in [9.17, 15) is 5.26 Å². The molecule has 0 unspecified atom stereocenters. The molecular weight excluding hydrogens is 244 g/mol. The zero-order valence-corrected chi connectivity index (χ0v) is 10.6. The van der Waals surface area contributed by atoms with E-state index in [1.807, 2.05) is 31.2 Å². The number of hydrogen-bond donors (Lipinski definition) is 0. The maximum Gasteiger partial charge on any atom is 0.101 e. The van der Waals surface area contributed by atoms with Gasteiger partial charge in [0.2, 0.25) is 0 Å². The summed E-state index contributed by atoms with van der Waals surface area (Å²) in [6.07, 6.45) is 3.29. The Morgan fingerprint density at radius 1 is 1.06 bits per heavy atom. The number of aryl methyl sites for hydroxylation is 1. The topological polar surface area (TPSA) is 36.7 Å². The molecule has 0 saturated carbocycles. The van der Waals surface area contributed by atoms with Crippen LogP contribution in [0, 0.1) is 18.3 Å². The third-order valence-electron chi connectivity index (χ3n) is 2.61. The van der Waals surface area contributed by atoms with Gasteiger partial charge in [0.25, 0.3) is 0 Å². The van der Waals surface area contributed by atoms with Gasteiger partial charge in [-0.3, -0.25) is 4.98 Å². The second-order valence-electron chi connectivity index (χ2n) is 3.90. The molecular formula is C15H11ClN2. The second kappa shape index (κ2) is 5.48. The van der Waals surface area contributed by atoms with Gasteiger partial charge in [0.05, 0.1) is 10.6 Å². The molecule has 2 nitrogen and oxygen atoms in total. The first kappa shape index (κ1) is 12.3. The first-order valence-electron chi connectivity index (χ1n) is 5.49. The number of hydrogen-bond acceptors (Lipinski definition) is 2. The Hall–Kier alpha value is -2.11. The summed E-state index contributed by atoms with van der Waals surface area (Å²) in [4.78, 5) is 3.93. The molecule has 1 heterocycles. The van der Waals surface area contributed by atoms with E-state index in [4.69, 9.17) is 11.6 Å². The Labute approximate surface area is 111 Å². The highest BCUT2D eigenvalue weighted by Gasteiger charge is 2.08. The summed E-state index contributed by atoms with van der Waals surface area (Å²) >= 11 is 6.30. The van der Waals surface area contributed by atoms with Crippen molar-refractivity contribution in [3.05, 3.63) is 65.5 Å². The minimum absolute atomic E-state index is 0.461. The number of allylic oxidation sites excluding steroid dienone is 1. The van der Waals surface area contributed by atoms with Crippen LogP contribution in [0.1, 0.15) is 16.7 Å². The highest BCUT2D eigenvalue weighted by Crippen LogP contribution is 2.29. The maximum absolute atomic E-state index is 9.25. The molecule has 0 N–H and O–H groups in total. The lowest BCUT2D eigenvalue weighted by atomic mass is 10.0. The molecule has 1 aromatic carbocycles. The molecule has 0 bridgehead atoms. The summed E-state index contributed by atoms with van der Waals surface area (Å²) in [5, 5.41) is 9.71. The van der Waals surface area contributed by atoms with Crippen LogP contribution in [0.5, 0.6) is 0 Å². The summed E-state index contributed by atoms with van der Waals surface area (Å²) in [6.45, 7) is 2.01. The Morgan fingerprint density at radius 3 is 2.22 bits per heavy atom. The molecule has 2 aromatic rings. The predicted molar refractivity (Wildman–Crippen MR) is 73.7 cm³/mol. The van der Waals surface area contributed by atoms with Crippen LogP contribution in [0.2, 0.25) is 0 Å². The summed E-state index contributed by atoms with van der Waals surface area (Å²) in [5.41, 5.74) is 3.24. The van der Waals surface area contributed by atoms with E-state index in [0.717, 1.165) is 16.7 Å². The van der Waals surface area contributed by atoms with Crippen LogP contribution in [-0.2, 0) is 0 Å². The average Bonchev–Trinajstić information content (AvgIpc) is 2.41. The number of benzene rings is 1. The SMILES string of the molecule is Cc1ccc(/C(Cl)=C(/C#N)c2ccncc2)cc1. The molecule has 2 rings (SSSR count). The first-order chi connectivity index (χ1) is 8.72. The van der Waals surface area contributed by atoms with Crippen molar-refractivity contribution in [2.75, 3.05) is 0 Å². The average molecular weight is 255 g/mol. The van der Waals surface area contributed by atoms with Gasteiger partial charge in [0.1, 0.15) is 6.07 Å². The fourth-order valence-corrected chi connectivity index (χ4v) is 1.88. The largest absolute Gasteiger partial charge is 0.265 e. The molecule has 0 amide bonds. The lowest BCUT2D eigenvalue weighted by Gasteiger charge is -2.04. The van der Waals surface area contributed by atoms with E-state index in [0.29, 0.717) is 10.6 Å². The molecule has 0 atom stereocenters. The fraction of sp³-hybridized carbons (Fsp3) is 0.0667. The van der Waals surface area contributed by atoms with Gasteiger partial charge in [-0.1, -0.05) is 41.4 Å². The van der Waals surface area contributed by atoms with Crippen LogP contribution in [-0.4, -0.2) is 4.98 Å². The van der Waals surface area contributed by atoms with E-state index in [1.54, 1.807) is 24.5 Å². The summed E-state index contributed by atoms with van der Waals surface area (Å²) in [7, 11) is 0. The molecule has 0 saturated heterocycles. The Morgan fingerprint density at radius 2 is 1.67 bits per heavy atom. The maximum atomic E-state index is 9.25. The van der Waals surface area contributed by atoms with Crippen molar-refractivity contribution in [2.24, 2.45) is 0 Å². The number of nitriles is 1. The highest BCUT2D eigenvalue weighted by molar-refractivity contribution is 6.53. The highest BCUT2D eigenvalue weighted by atomic mass is 35.5. The molecule has 18 heavy (non-hydrogen) atoms. The number of rotatable bonds is 2. The molecule has 0 aliphatic heterocycles. The molecule has 0 aliphatic rings. The van der Waals surface area contributed by atoms with Crippen LogP contribution in [0.15, 0.2) is 48.8 Å². The first-order valence-corrected chi connectivity index (χ1v) is 5.87. The van der Waals surface area contributed by atoms with Gasteiger partial charge in [0, 0.05) is 12.4 Å². The molecule has 1 aromatic heterocycles. The molecule has 3 heteroatoms. The van der Waals surface area contributed by atoms with E-state index in [-0.39, 0.29) is 0 Å². The number of aromatic nitrogens is 1. The van der Waals surface area contributed by atoms with Crippen LogP contribution < -0.4 is 0 Å². The third-order valence-corrected chi connectivity index (χ3v) is 3.01. The van der Waals surface area contributed by atoms with Crippen LogP contribution in [0.4, 0.5) is 0 Å². The van der Waals surface area contributed by atoms with Gasteiger partial charge in [0.15, 0.2) is 0 Å². The zero-order valence-electron chi connectivity index (χ0n) is 9.89. The normalized spacial score (nSPS) is 11.6. The Bertz CT molecular complexity index is 607. The third kappa shape index (κ3) is 2.58.